The minimum atomic E-state index is -0.649. The molecule has 9 heteroatoms. The molecule has 0 saturated heterocycles. The predicted octanol–water partition coefficient (Wildman–Crippen LogP) is 19.5. The van der Waals surface area contributed by atoms with E-state index in [1.807, 2.05) is 121 Å². The Kier molecular flexibility index (Phi) is 21.2. The van der Waals surface area contributed by atoms with Gasteiger partial charge < -0.3 is 33.5 Å². The van der Waals surface area contributed by atoms with Crippen molar-refractivity contribution in [1.82, 2.24) is 0 Å². The molecule has 5 aliphatic rings. The molecule has 432 valence electrons. The number of hydrogen-bond donors (Lipinski definition) is 1. The third-order valence-electron chi connectivity index (χ3n) is 17.5. The summed E-state index contributed by atoms with van der Waals surface area (Å²) >= 11 is 5.83. The van der Waals surface area contributed by atoms with Gasteiger partial charge in [0.25, 0.3) is 0 Å². The molecule has 0 bridgehead atoms. The Morgan fingerprint density at radius 2 is 0.600 bits per heavy atom. The van der Waals surface area contributed by atoms with Crippen molar-refractivity contribution in [2.24, 2.45) is 0 Å². The molecule has 0 radical (unpaired) electrons. The maximum absolute atomic E-state index is 12.5. The summed E-state index contributed by atoms with van der Waals surface area (Å²) in [6.45, 7) is 16.5. The fourth-order valence-corrected chi connectivity index (χ4v) is 12.6. The van der Waals surface area contributed by atoms with E-state index in [0.29, 0.717) is 5.57 Å². The van der Waals surface area contributed by atoms with Crippen molar-refractivity contribution in [3.05, 3.63) is 161 Å². The van der Waals surface area contributed by atoms with Crippen LogP contribution in [-0.4, -0.2) is 39.1 Å². The minimum absolute atomic E-state index is 0.0338. The lowest BCUT2D eigenvalue weighted by Crippen LogP contribution is -2.34. The maximum Gasteiger partial charge on any atom is 0.334 e. The lowest BCUT2D eigenvalue weighted by Gasteiger charge is -2.34. The fraction of sp³-hybridized carbons (Fsp3) is 0.535. The molecule has 8 nitrogen and oxygen atoms in total. The van der Waals surface area contributed by atoms with Crippen molar-refractivity contribution in [2.45, 2.75) is 242 Å². The molecule has 5 aromatic carbocycles. The smallest absolute Gasteiger partial charge is 0.334 e. The fourth-order valence-electron chi connectivity index (χ4n) is 12.5. The van der Waals surface area contributed by atoms with Crippen molar-refractivity contribution >= 4 is 17.6 Å². The van der Waals surface area contributed by atoms with Gasteiger partial charge in [0.05, 0.1) is 0 Å². The third-order valence-corrected chi connectivity index (χ3v) is 17.8. The van der Waals surface area contributed by atoms with E-state index in [0.717, 1.165) is 120 Å². The normalized spacial score (nSPS) is 19.8. The van der Waals surface area contributed by atoms with Crippen LogP contribution in [0.15, 0.2) is 133 Å². The van der Waals surface area contributed by atoms with Gasteiger partial charge in [0.15, 0.2) is 6.10 Å². The first-order chi connectivity index (χ1) is 38.4. The Bertz CT molecular complexity index is 2530. The maximum atomic E-state index is 12.5. The van der Waals surface area contributed by atoms with Crippen LogP contribution in [0.5, 0.6) is 28.7 Å². The summed E-state index contributed by atoms with van der Waals surface area (Å²) in [5.74, 6) is 4.02. The number of aliphatic hydroxyl groups excluding tert-OH is 1. The highest BCUT2D eigenvalue weighted by Gasteiger charge is 2.33. The Morgan fingerprint density at radius 3 is 0.825 bits per heavy atom. The summed E-state index contributed by atoms with van der Waals surface area (Å²) < 4.78 is 37.2. The second-order valence-corrected chi connectivity index (χ2v) is 25.7. The first-order valence-electron chi connectivity index (χ1n) is 30.5. The van der Waals surface area contributed by atoms with Gasteiger partial charge in [-0.15, -0.1) is 0 Å². The summed E-state index contributed by atoms with van der Waals surface area (Å²) in [5, 5.41) is 11.6. The molecular formula is C71H93ClO8. The first kappa shape index (κ1) is 60.7. The van der Waals surface area contributed by atoms with Crippen LogP contribution in [0.25, 0.3) is 0 Å². The molecule has 10 rings (SSSR count). The summed E-state index contributed by atoms with van der Waals surface area (Å²) in [4.78, 5) is 12.5. The summed E-state index contributed by atoms with van der Waals surface area (Å²) in [6.07, 6.45) is 28.9. The molecular weight excluding hydrogens is 1020 g/mol. The molecule has 80 heavy (non-hydrogen) atoms. The van der Waals surface area contributed by atoms with Gasteiger partial charge in [-0.3, -0.25) is 0 Å². The number of esters is 1. The van der Waals surface area contributed by atoms with E-state index in [1.54, 1.807) is 6.92 Å². The van der Waals surface area contributed by atoms with Gasteiger partial charge in [0, 0.05) is 10.6 Å². The van der Waals surface area contributed by atoms with E-state index >= 15 is 0 Å². The van der Waals surface area contributed by atoms with Crippen molar-refractivity contribution < 1.29 is 38.3 Å². The molecule has 5 aliphatic carbocycles. The Morgan fingerprint density at radius 1 is 0.388 bits per heavy atom. The zero-order valence-electron chi connectivity index (χ0n) is 49.3. The van der Waals surface area contributed by atoms with E-state index in [1.165, 1.54) is 96.3 Å². The average molecular weight is 1110 g/mol. The summed E-state index contributed by atoms with van der Waals surface area (Å²) in [6, 6.07) is 39.4. The molecule has 0 atom stereocenters. The van der Waals surface area contributed by atoms with Gasteiger partial charge in [0.1, 0.15) is 62.9 Å². The van der Waals surface area contributed by atoms with Crippen molar-refractivity contribution in [1.29, 1.82) is 0 Å². The number of carbonyl (C=O) groups excluding carboxylic acids is 1. The Hall–Kier alpha value is -5.44. The van der Waals surface area contributed by atoms with E-state index in [9.17, 15) is 9.90 Å². The molecule has 1 N–H and O–H groups in total. The van der Waals surface area contributed by atoms with E-state index in [4.69, 9.17) is 40.0 Å². The van der Waals surface area contributed by atoms with Crippen molar-refractivity contribution in [3.8, 4) is 28.7 Å². The topological polar surface area (TPSA) is 92.7 Å². The monoisotopic (exact) mass is 1110 g/mol. The number of halogens is 1. The predicted molar refractivity (Wildman–Crippen MR) is 325 cm³/mol. The van der Waals surface area contributed by atoms with Crippen LogP contribution >= 0.6 is 11.6 Å². The minimum Gasteiger partial charge on any atom is -0.488 e. The molecule has 0 amide bonds. The van der Waals surface area contributed by atoms with Crippen LogP contribution in [0, 0.1) is 0 Å². The first-order valence-corrected chi connectivity index (χ1v) is 30.9. The second kappa shape index (κ2) is 28.0. The SMILES string of the molecule is C=C(C)C(=O)OC(c1ccc(OC2(C)CCCCC2)cc1)c1ccc(OC2(C)CCCCC2)cc1.CC1(Oc2ccc(C(O)c3ccc(OC4(C)CCCCC4)cc3)cc2)CCCCC1.CC1(Oc2ccc(Cl)cc2)CCCCC1. The van der Waals surface area contributed by atoms with Gasteiger partial charge in [-0.1, -0.05) is 98.8 Å². The van der Waals surface area contributed by atoms with Gasteiger partial charge in [-0.2, -0.15) is 0 Å². The van der Waals surface area contributed by atoms with Crippen LogP contribution in [0.1, 0.15) is 237 Å². The molecule has 0 aliphatic heterocycles. The lowest BCUT2D eigenvalue weighted by molar-refractivity contribution is -0.142. The van der Waals surface area contributed by atoms with Gasteiger partial charge in [0.2, 0.25) is 0 Å². The van der Waals surface area contributed by atoms with Gasteiger partial charge in [-0.05, 0) is 265 Å². The number of aliphatic hydroxyl groups is 1. The van der Waals surface area contributed by atoms with E-state index < -0.39 is 18.2 Å². The van der Waals surface area contributed by atoms with Gasteiger partial charge in [-0.25, -0.2) is 4.79 Å². The summed E-state index contributed by atoms with van der Waals surface area (Å²) in [5.41, 5.74) is 3.66. The molecule has 5 fully saturated rings. The third kappa shape index (κ3) is 18.0. The van der Waals surface area contributed by atoms with E-state index in [2.05, 4.69) is 41.2 Å². The highest BCUT2D eigenvalue weighted by molar-refractivity contribution is 6.30. The van der Waals surface area contributed by atoms with E-state index in [-0.39, 0.29) is 28.0 Å². The Balaban J connectivity index is 0.000000169. The number of hydrogen-bond acceptors (Lipinski definition) is 8. The molecule has 0 unspecified atom stereocenters. The van der Waals surface area contributed by atoms with Crippen molar-refractivity contribution in [2.75, 3.05) is 0 Å². The number of ether oxygens (including phenoxy) is 6. The molecule has 5 aromatic rings. The van der Waals surface area contributed by atoms with Crippen LogP contribution in [0.2, 0.25) is 5.02 Å². The van der Waals surface area contributed by atoms with Crippen LogP contribution in [-0.2, 0) is 9.53 Å². The zero-order valence-corrected chi connectivity index (χ0v) is 50.0. The standard InChI is InChI=1S/C31H40O4.C27H36O3.C13H17ClO/c1-23(2)29(32)33-28(24-11-15-26(16-12-24)34-30(3)19-7-5-8-20-30)25-13-17-27(18-14-25)35-31(4)21-9-6-10-22-31;1-26(17-5-3-6-18-26)29-23-13-9-21(10-14-23)25(28)22-11-15-24(16-12-22)30-27(2)19-7-4-8-20-27;1-13(9-3-2-4-10-13)15-12-7-5-11(14)6-8-12/h11-18,28H,1,5-10,19-22H2,2-4H3;9-16,25,28H,3-8,17-20H2,1-2H3;5-8H,2-4,9-10H2,1H3. The molecule has 5 saturated carbocycles. The second-order valence-electron chi connectivity index (χ2n) is 25.3. The summed E-state index contributed by atoms with van der Waals surface area (Å²) in [7, 11) is 0. The average Bonchev–Trinajstić information content (AvgIpc) is 3.46. The van der Waals surface area contributed by atoms with Gasteiger partial charge >= 0.3 is 5.97 Å². The number of benzene rings is 5. The van der Waals surface area contributed by atoms with Crippen molar-refractivity contribution in [3.63, 3.8) is 0 Å². The largest absolute Gasteiger partial charge is 0.488 e. The molecule has 0 spiro atoms. The lowest BCUT2D eigenvalue weighted by atomic mass is 9.86. The van der Waals surface area contributed by atoms with Crippen LogP contribution in [0.3, 0.4) is 0 Å². The zero-order chi connectivity index (χ0) is 56.6. The highest BCUT2D eigenvalue weighted by atomic mass is 35.5. The quantitative estimate of drug-likeness (QED) is 0.0772. The molecule has 0 heterocycles. The molecule has 0 aromatic heterocycles. The van der Waals surface area contributed by atoms with Crippen LogP contribution in [0.4, 0.5) is 0 Å². The number of carbonyl (C=O) groups is 1. The highest BCUT2D eigenvalue weighted by Crippen LogP contribution is 2.39. The number of rotatable bonds is 16. The van der Waals surface area contributed by atoms with Crippen LogP contribution < -0.4 is 23.7 Å². The Labute approximate surface area is 485 Å².